The molecule has 1 aliphatic heterocycles. The highest BCUT2D eigenvalue weighted by atomic mass is 16.5. The van der Waals surface area contributed by atoms with Gasteiger partial charge in [-0.05, 0) is 32.8 Å². The van der Waals surface area contributed by atoms with Crippen molar-refractivity contribution >= 4 is 5.91 Å². The Morgan fingerprint density at radius 1 is 1.32 bits per heavy atom. The van der Waals surface area contributed by atoms with Crippen molar-refractivity contribution in [3.63, 3.8) is 0 Å². The van der Waals surface area contributed by atoms with Crippen LogP contribution in [-0.2, 0) is 6.54 Å². The van der Waals surface area contributed by atoms with Crippen LogP contribution in [0.25, 0.3) is 0 Å². The normalized spacial score (nSPS) is 16.0. The molecular formula is C19H25N3O3. The van der Waals surface area contributed by atoms with Gasteiger partial charge in [0, 0.05) is 37.3 Å². The lowest BCUT2D eigenvalue weighted by Gasteiger charge is -2.32. The Labute approximate surface area is 148 Å². The van der Waals surface area contributed by atoms with E-state index in [4.69, 9.17) is 9.26 Å². The number of amides is 1. The van der Waals surface area contributed by atoms with Gasteiger partial charge in [-0.1, -0.05) is 22.9 Å². The summed E-state index contributed by atoms with van der Waals surface area (Å²) in [4.78, 5) is 14.5. The largest absolute Gasteiger partial charge is 0.496 e. The Kier molecular flexibility index (Phi) is 5.38. The van der Waals surface area contributed by atoms with Crippen LogP contribution in [0.5, 0.6) is 5.75 Å². The highest BCUT2D eigenvalue weighted by Gasteiger charge is 2.23. The van der Waals surface area contributed by atoms with Gasteiger partial charge in [-0.25, -0.2) is 0 Å². The summed E-state index contributed by atoms with van der Waals surface area (Å²) in [5, 5.41) is 6.80. The minimum atomic E-state index is -0.181. The van der Waals surface area contributed by atoms with E-state index in [1.54, 1.807) is 20.1 Å². The second-order valence-corrected chi connectivity index (χ2v) is 6.67. The van der Waals surface area contributed by atoms with E-state index in [1.165, 1.54) is 11.1 Å². The van der Waals surface area contributed by atoms with Crippen molar-refractivity contribution in [1.82, 2.24) is 15.4 Å². The van der Waals surface area contributed by atoms with Gasteiger partial charge in [-0.2, -0.15) is 0 Å². The van der Waals surface area contributed by atoms with Crippen molar-refractivity contribution in [2.45, 2.75) is 39.3 Å². The fourth-order valence-electron chi connectivity index (χ4n) is 3.23. The molecule has 0 unspecified atom stereocenters. The third kappa shape index (κ3) is 4.39. The van der Waals surface area contributed by atoms with Crippen molar-refractivity contribution in [1.29, 1.82) is 0 Å². The third-order valence-corrected chi connectivity index (χ3v) is 4.60. The van der Waals surface area contributed by atoms with E-state index in [1.807, 2.05) is 6.07 Å². The van der Waals surface area contributed by atoms with Crippen molar-refractivity contribution in [3.05, 3.63) is 46.8 Å². The molecule has 25 heavy (non-hydrogen) atoms. The van der Waals surface area contributed by atoms with Crippen LogP contribution in [0.4, 0.5) is 0 Å². The molecule has 1 amide bonds. The molecule has 0 bridgehead atoms. The molecule has 3 rings (SSSR count). The number of aromatic nitrogens is 1. The number of nitrogens with zero attached hydrogens (tertiary/aromatic N) is 2. The molecule has 0 radical (unpaired) electrons. The van der Waals surface area contributed by atoms with E-state index in [-0.39, 0.29) is 17.7 Å². The lowest BCUT2D eigenvalue weighted by Crippen LogP contribution is -2.44. The first-order chi connectivity index (χ1) is 12.0. The summed E-state index contributed by atoms with van der Waals surface area (Å²) in [6, 6.07) is 8.10. The van der Waals surface area contributed by atoms with Crippen LogP contribution in [-0.4, -0.2) is 42.2 Å². The molecule has 2 heterocycles. The number of piperidine rings is 1. The highest BCUT2D eigenvalue weighted by molar-refractivity contribution is 5.91. The molecule has 6 heteroatoms. The first-order valence-corrected chi connectivity index (χ1v) is 8.65. The fraction of sp³-hybridized carbons (Fsp3) is 0.474. The predicted octanol–water partition coefficient (Wildman–Crippen LogP) is 2.69. The number of benzene rings is 1. The molecule has 1 aliphatic rings. The number of methoxy groups -OCH3 is 1. The number of carbonyl (C=O) groups excluding carboxylic acids is 1. The van der Waals surface area contributed by atoms with Gasteiger partial charge in [0.1, 0.15) is 5.75 Å². The highest BCUT2D eigenvalue weighted by Crippen LogP contribution is 2.23. The Morgan fingerprint density at radius 2 is 2.08 bits per heavy atom. The van der Waals surface area contributed by atoms with Crippen LogP contribution < -0.4 is 10.1 Å². The summed E-state index contributed by atoms with van der Waals surface area (Å²) in [5.41, 5.74) is 3.16. The van der Waals surface area contributed by atoms with Crippen molar-refractivity contribution in [2.75, 3.05) is 20.2 Å². The Bertz CT molecular complexity index is 733. The zero-order valence-electron chi connectivity index (χ0n) is 15.0. The summed E-state index contributed by atoms with van der Waals surface area (Å²) in [7, 11) is 1.71. The molecule has 2 aromatic rings. The molecule has 134 valence electrons. The molecule has 0 aliphatic carbocycles. The minimum absolute atomic E-state index is 0.175. The third-order valence-electron chi connectivity index (χ3n) is 4.60. The number of aryl methyl sites for hydroxylation is 2. The van der Waals surface area contributed by atoms with Gasteiger partial charge in [0.25, 0.3) is 5.91 Å². The summed E-state index contributed by atoms with van der Waals surface area (Å²) < 4.78 is 10.5. The molecule has 1 aromatic carbocycles. The predicted molar refractivity (Wildman–Crippen MR) is 94.7 cm³/mol. The van der Waals surface area contributed by atoms with Gasteiger partial charge in [0.15, 0.2) is 0 Å². The average molecular weight is 343 g/mol. The topological polar surface area (TPSA) is 67.6 Å². The van der Waals surface area contributed by atoms with Crippen LogP contribution in [0, 0.1) is 13.8 Å². The first-order valence-electron chi connectivity index (χ1n) is 8.65. The van der Waals surface area contributed by atoms with Gasteiger partial charge in [0.2, 0.25) is 5.76 Å². The van der Waals surface area contributed by atoms with Gasteiger partial charge in [-0.3, -0.25) is 9.69 Å². The SMILES string of the molecule is COc1ccc(C)cc1CN1CCC(NC(=O)c2cc(C)no2)CC1. The molecule has 1 fully saturated rings. The molecule has 1 N–H and O–H groups in total. The molecule has 0 saturated carbocycles. The number of ether oxygens (including phenoxy) is 1. The Morgan fingerprint density at radius 3 is 2.72 bits per heavy atom. The van der Waals surface area contributed by atoms with Gasteiger partial charge < -0.3 is 14.6 Å². The number of likely N-dealkylation sites (tertiary alicyclic amines) is 1. The Balaban J connectivity index is 1.52. The van der Waals surface area contributed by atoms with Crippen LogP contribution in [0.3, 0.4) is 0 Å². The molecule has 0 atom stereocenters. The van der Waals surface area contributed by atoms with Crippen LogP contribution in [0.1, 0.15) is 40.2 Å². The van der Waals surface area contributed by atoms with E-state index in [2.05, 4.69) is 34.4 Å². The van der Waals surface area contributed by atoms with Gasteiger partial charge >= 0.3 is 0 Å². The van der Waals surface area contributed by atoms with Crippen molar-refractivity contribution < 1.29 is 14.1 Å². The number of hydrogen-bond donors (Lipinski definition) is 1. The zero-order valence-corrected chi connectivity index (χ0v) is 15.0. The first kappa shape index (κ1) is 17.5. The van der Waals surface area contributed by atoms with E-state index >= 15 is 0 Å². The Hall–Kier alpha value is -2.34. The smallest absolute Gasteiger partial charge is 0.290 e. The van der Waals surface area contributed by atoms with Crippen molar-refractivity contribution in [2.24, 2.45) is 0 Å². The standard InChI is InChI=1S/C19H25N3O3/c1-13-4-5-17(24-3)15(10-13)12-22-8-6-16(7-9-22)20-19(23)18-11-14(2)21-25-18/h4-5,10-11,16H,6-9,12H2,1-3H3,(H,20,23). The second-order valence-electron chi connectivity index (χ2n) is 6.67. The number of rotatable bonds is 5. The zero-order chi connectivity index (χ0) is 17.8. The minimum Gasteiger partial charge on any atom is -0.496 e. The monoisotopic (exact) mass is 343 g/mol. The van der Waals surface area contributed by atoms with Crippen LogP contribution in [0.15, 0.2) is 28.8 Å². The molecular weight excluding hydrogens is 318 g/mol. The van der Waals surface area contributed by atoms with Gasteiger partial charge in [0.05, 0.1) is 12.8 Å². The maximum atomic E-state index is 12.1. The summed E-state index contributed by atoms with van der Waals surface area (Å²) in [5.74, 6) is 1.03. The van der Waals surface area contributed by atoms with E-state index in [9.17, 15) is 4.79 Å². The number of carbonyl (C=O) groups is 1. The van der Waals surface area contributed by atoms with Crippen LogP contribution >= 0.6 is 0 Å². The lowest BCUT2D eigenvalue weighted by atomic mass is 10.0. The fourth-order valence-corrected chi connectivity index (χ4v) is 3.23. The number of hydrogen-bond acceptors (Lipinski definition) is 5. The van der Waals surface area contributed by atoms with Crippen LogP contribution in [0.2, 0.25) is 0 Å². The molecule has 0 spiro atoms. The quantitative estimate of drug-likeness (QED) is 0.904. The van der Waals surface area contributed by atoms with E-state index in [0.29, 0.717) is 5.69 Å². The summed E-state index contributed by atoms with van der Waals surface area (Å²) in [6.07, 6.45) is 1.85. The van der Waals surface area contributed by atoms with Crippen molar-refractivity contribution in [3.8, 4) is 5.75 Å². The number of nitrogens with one attached hydrogen (secondary N) is 1. The lowest BCUT2D eigenvalue weighted by molar-refractivity contribution is 0.0871. The van der Waals surface area contributed by atoms with Gasteiger partial charge in [-0.15, -0.1) is 0 Å². The maximum absolute atomic E-state index is 12.1. The van der Waals surface area contributed by atoms with E-state index in [0.717, 1.165) is 38.2 Å². The summed E-state index contributed by atoms with van der Waals surface area (Å²) in [6.45, 7) is 6.65. The molecule has 6 nitrogen and oxygen atoms in total. The molecule has 1 aromatic heterocycles. The summed E-state index contributed by atoms with van der Waals surface area (Å²) >= 11 is 0. The maximum Gasteiger partial charge on any atom is 0.290 e. The average Bonchev–Trinajstić information content (AvgIpc) is 3.03. The van der Waals surface area contributed by atoms with E-state index < -0.39 is 0 Å². The molecule has 1 saturated heterocycles. The second kappa shape index (κ2) is 7.70.